The Labute approximate surface area is 71.8 Å². The van der Waals surface area contributed by atoms with Crippen LogP contribution in [0.5, 0.6) is 5.75 Å². The smallest absolute Gasteiger partial charge is 0.125 e. The van der Waals surface area contributed by atoms with Gasteiger partial charge < -0.3 is 9.84 Å². The van der Waals surface area contributed by atoms with E-state index >= 15 is 0 Å². The lowest BCUT2D eigenvalue weighted by atomic mass is 10.1. The van der Waals surface area contributed by atoms with Gasteiger partial charge in [0.15, 0.2) is 0 Å². The van der Waals surface area contributed by atoms with Gasteiger partial charge in [0.1, 0.15) is 18.5 Å². The molecule has 0 amide bonds. The van der Waals surface area contributed by atoms with E-state index in [1.165, 1.54) is 5.56 Å². The van der Waals surface area contributed by atoms with Gasteiger partial charge in [-0.1, -0.05) is 13.0 Å². The molecule has 2 heteroatoms. The molecule has 1 unspecified atom stereocenters. The van der Waals surface area contributed by atoms with Crippen LogP contribution in [0.3, 0.4) is 0 Å². The lowest BCUT2D eigenvalue weighted by molar-refractivity contribution is 0.140. The second-order valence-electron chi connectivity index (χ2n) is 3.05. The first-order valence-electron chi connectivity index (χ1n) is 4.25. The molecular formula is C10H12O2. The van der Waals surface area contributed by atoms with Crippen LogP contribution in [0.2, 0.25) is 0 Å². The van der Waals surface area contributed by atoms with Gasteiger partial charge in [-0.3, -0.25) is 0 Å². The normalized spacial score (nSPS) is 20.3. The minimum absolute atomic E-state index is 0.405. The zero-order valence-electron chi connectivity index (χ0n) is 7.08. The number of benzene rings is 1. The van der Waals surface area contributed by atoms with E-state index in [1.807, 2.05) is 18.2 Å². The van der Waals surface area contributed by atoms with Gasteiger partial charge >= 0.3 is 0 Å². The molecule has 1 N–H and O–H groups in total. The van der Waals surface area contributed by atoms with Crippen LogP contribution in [-0.2, 0) is 6.42 Å². The predicted octanol–water partition coefficient (Wildman–Crippen LogP) is 1.67. The molecule has 2 rings (SSSR count). The average molecular weight is 164 g/mol. The zero-order chi connectivity index (χ0) is 8.55. The van der Waals surface area contributed by atoms with E-state index in [0.717, 1.165) is 17.7 Å². The number of hydrogen-bond donors (Lipinski definition) is 1. The molecule has 0 spiro atoms. The summed E-state index contributed by atoms with van der Waals surface area (Å²) in [6.45, 7) is 2.51. The van der Waals surface area contributed by atoms with E-state index in [1.54, 1.807) is 0 Å². The molecule has 2 nitrogen and oxygen atoms in total. The summed E-state index contributed by atoms with van der Waals surface area (Å²) in [5.74, 6) is 0.833. The third-order valence-corrected chi connectivity index (χ3v) is 2.24. The van der Waals surface area contributed by atoms with Crippen LogP contribution in [0, 0.1) is 0 Å². The van der Waals surface area contributed by atoms with Crippen molar-refractivity contribution in [1.82, 2.24) is 0 Å². The van der Waals surface area contributed by atoms with E-state index < -0.39 is 6.10 Å². The maximum atomic E-state index is 9.48. The Hall–Kier alpha value is -1.02. The Morgan fingerprint density at radius 1 is 1.58 bits per heavy atom. The van der Waals surface area contributed by atoms with Crippen molar-refractivity contribution in [2.75, 3.05) is 6.61 Å². The summed E-state index contributed by atoms with van der Waals surface area (Å²) < 4.78 is 5.26. The quantitative estimate of drug-likeness (QED) is 0.684. The van der Waals surface area contributed by atoms with E-state index in [9.17, 15) is 5.11 Å². The second kappa shape index (κ2) is 2.79. The van der Waals surface area contributed by atoms with Gasteiger partial charge in [-0.05, 0) is 24.1 Å². The highest BCUT2D eigenvalue weighted by Crippen LogP contribution is 2.32. The fourth-order valence-electron chi connectivity index (χ4n) is 1.47. The van der Waals surface area contributed by atoms with Crippen molar-refractivity contribution in [2.45, 2.75) is 19.4 Å². The van der Waals surface area contributed by atoms with Crippen molar-refractivity contribution in [3.8, 4) is 5.75 Å². The summed E-state index contributed by atoms with van der Waals surface area (Å²) in [4.78, 5) is 0. The topological polar surface area (TPSA) is 29.5 Å². The van der Waals surface area contributed by atoms with Crippen molar-refractivity contribution in [3.63, 3.8) is 0 Å². The fraction of sp³-hybridized carbons (Fsp3) is 0.400. The summed E-state index contributed by atoms with van der Waals surface area (Å²) in [5, 5.41) is 9.48. The van der Waals surface area contributed by atoms with Crippen LogP contribution in [-0.4, -0.2) is 11.7 Å². The van der Waals surface area contributed by atoms with Crippen molar-refractivity contribution in [3.05, 3.63) is 29.3 Å². The number of aliphatic hydroxyl groups excluding tert-OH is 1. The largest absolute Gasteiger partial charge is 0.490 e. The van der Waals surface area contributed by atoms with Crippen LogP contribution < -0.4 is 4.74 Å². The van der Waals surface area contributed by atoms with Gasteiger partial charge in [-0.25, -0.2) is 0 Å². The summed E-state index contributed by atoms with van der Waals surface area (Å²) in [6, 6.07) is 5.99. The Balaban J connectivity index is 2.43. The SMILES string of the molecule is CCc1ccc2c(c1)C(O)CO2. The number of fused-ring (bicyclic) bond motifs is 1. The van der Waals surface area contributed by atoms with Gasteiger partial charge in [-0.15, -0.1) is 0 Å². The van der Waals surface area contributed by atoms with Crippen LogP contribution >= 0.6 is 0 Å². The molecule has 1 aromatic rings. The van der Waals surface area contributed by atoms with Crippen LogP contribution in [0.4, 0.5) is 0 Å². The Bertz CT molecular complexity index is 294. The van der Waals surface area contributed by atoms with Crippen LogP contribution in [0.25, 0.3) is 0 Å². The predicted molar refractivity (Wildman–Crippen MR) is 46.3 cm³/mol. The molecule has 12 heavy (non-hydrogen) atoms. The first-order chi connectivity index (χ1) is 5.81. The summed E-state index contributed by atoms with van der Waals surface area (Å²) in [5.41, 5.74) is 2.19. The molecule has 0 aromatic heterocycles. The average Bonchev–Trinajstić information content (AvgIpc) is 2.47. The molecule has 1 atom stereocenters. The van der Waals surface area contributed by atoms with E-state index in [0.29, 0.717) is 6.61 Å². The van der Waals surface area contributed by atoms with E-state index in [4.69, 9.17) is 4.74 Å². The fourth-order valence-corrected chi connectivity index (χ4v) is 1.47. The maximum absolute atomic E-state index is 9.48. The number of rotatable bonds is 1. The molecule has 1 aromatic carbocycles. The molecule has 0 radical (unpaired) electrons. The second-order valence-corrected chi connectivity index (χ2v) is 3.05. The molecule has 0 saturated heterocycles. The third-order valence-electron chi connectivity index (χ3n) is 2.24. The van der Waals surface area contributed by atoms with Gasteiger partial charge in [0, 0.05) is 5.56 Å². The number of ether oxygens (including phenoxy) is 1. The minimum Gasteiger partial charge on any atom is -0.490 e. The van der Waals surface area contributed by atoms with Gasteiger partial charge in [0.05, 0.1) is 0 Å². The highest BCUT2D eigenvalue weighted by atomic mass is 16.5. The molecule has 64 valence electrons. The third kappa shape index (κ3) is 1.08. The Kier molecular flexibility index (Phi) is 1.77. The number of aryl methyl sites for hydroxylation is 1. The summed E-state index contributed by atoms with van der Waals surface area (Å²) in [7, 11) is 0. The minimum atomic E-state index is -0.425. The number of aliphatic hydroxyl groups is 1. The van der Waals surface area contributed by atoms with Crippen molar-refractivity contribution in [2.24, 2.45) is 0 Å². The number of hydrogen-bond acceptors (Lipinski definition) is 2. The molecule has 0 bridgehead atoms. The van der Waals surface area contributed by atoms with Crippen LogP contribution in [0.15, 0.2) is 18.2 Å². The van der Waals surface area contributed by atoms with E-state index in [2.05, 4.69) is 6.92 Å². The van der Waals surface area contributed by atoms with Crippen molar-refractivity contribution < 1.29 is 9.84 Å². The molecule has 0 fully saturated rings. The Morgan fingerprint density at radius 2 is 2.42 bits per heavy atom. The molecule has 1 heterocycles. The van der Waals surface area contributed by atoms with Crippen molar-refractivity contribution in [1.29, 1.82) is 0 Å². The molecule has 0 aliphatic carbocycles. The first-order valence-corrected chi connectivity index (χ1v) is 4.25. The molecule has 1 aliphatic rings. The molecule has 1 aliphatic heterocycles. The standard InChI is InChI=1S/C10H12O2/c1-2-7-3-4-10-8(5-7)9(11)6-12-10/h3-5,9,11H,2,6H2,1H3. The monoisotopic (exact) mass is 164 g/mol. The summed E-state index contributed by atoms with van der Waals surface area (Å²) in [6.07, 6.45) is 0.575. The highest BCUT2D eigenvalue weighted by Gasteiger charge is 2.21. The Morgan fingerprint density at radius 3 is 3.17 bits per heavy atom. The van der Waals surface area contributed by atoms with Crippen molar-refractivity contribution >= 4 is 0 Å². The first kappa shape index (κ1) is 7.62. The highest BCUT2D eigenvalue weighted by molar-refractivity contribution is 5.41. The lowest BCUT2D eigenvalue weighted by Gasteiger charge is -2.02. The molecular weight excluding hydrogens is 152 g/mol. The van der Waals surface area contributed by atoms with Crippen LogP contribution in [0.1, 0.15) is 24.2 Å². The zero-order valence-corrected chi connectivity index (χ0v) is 7.08. The lowest BCUT2D eigenvalue weighted by Crippen LogP contribution is -1.97. The van der Waals surface area contributed by atoms with Gasteiger partial charge in [-0.2, -0.15) is 0 Å². The summed E-state index contributed by atoms with van der Waals surface area (Å²) >= 11 is 0. The van der Waals surface area contributed by atoms with Gasteiger partial charge in [0.25, 0.3) is 0 Å². The van der Waals surface area contributed by atoms with Gasteiger partial charge in [0.2, 0.25) is 0 Å². The van der Waals surface area contributed by atoms with E-state index in [-0.39, 0.29) is 0 Å². The maximum Gasteiger partial charge on any atom is 0.125 e. The molecule has 0 saturated carbocycles.